The molecule has 0 spiro atoms. The van der Waals surface area contributed by atoms with Gasteiger partial charge >= 0.3 is 0 Å². The van der Waals surface area contributed by atoms with Crippen molar-refractivity contribution in [3.8, 4) is 0 Å². The number of carbonyl (C=O) groups is 2. The van der Waals surface area contributed by atoms with Crippen LogP contribution in [0.1, 0.15) is 34.8 Å². The van der Waals surface area contributed by atoms with E-state index in [1.807, 2.05) is 18.2 Å². The molecule has 5 rings (SSSR count). The Balaban J connectivity index is 1.09. The van der Waals surface area contributed by atoms with Crippen LogP contribution in [0.3, 0.4) is 0 Å². The summed E-state index contributed by atoms with van der Waals surface area (Å²) in [4.78, 5) is 30.0. The van der Waals surface area contributed by atoms with Crippen LogP contribution in [0.2, 0.25) is 0 Å². The van der Waals surface area contributed by atoms with Gasteiger partial charge in [0.1, 0.15) is 0 Å². The Kier molecular flexibility index (Phi) is 7.44. The summed E-state index contributed by atoms with van der Waals surface area (Å²) in [6, 6.07) is 25.8. The van der Waals surface area contributed by atoms with E-state index >= 15 is 0 Å². The summed E-state index contributed by atoms with van der Waals surface area (Å²) in [5, 5.41) is 5.90. The topological polar surface area (TPSA) is 64.7 Å². The first-order valence-corrected chi connectivity index (χ1v) is 12.8. The second-order valence-electron chi connectivity index (χ2n) is 10.1. The molecule has 0 radical (unpaired) electrons. The van der Waals surface area contributed by atoms with Crippen LogP contribution in [0.4, 0.5) is 11.4 Å². The second-order valence-corrected chi connectivity index (χ2v) is 10.1. The molecule has 1 aliphatic carbocycles. The van der Waals surface area contributed by atoms with E-state index in [-0.39, 0.29) is 17.7 Å². The summed E-state index contributed by atoms with van der Waals surface area (Å²) in [6.45, 7) is 8.25. The number of benzene rings is 3. The molecule has 2 unspecified atom stereocenters. The van der Waals surface area contributed by atoms with E-state index in [2.05, 4.69) is 69.8 Å². The highest BCUT2D eigenvalue weighted by molar-refractivity contribution is 6.05. The Hall–Kier alpha value is -3.48. The predicted octanol–water partition coefficient (Wildman–Crippen LogP) is 4.85. The number of piperazine rings is 1. The van der Waals surface area contributed by atoms with Gasteiger partial charge in [0.15, 0.2) is 0 Å². The summed E-state index contributed by atoms with van der Waals surface area (Å²) < 4.78 is 0. The fourth-order valence-electron chi connectivity index (χ4n) is 4.76. The molecule has 2 fully saturated rings. The predicted molar refractivity (Wildman–Crippen MR) is 144 cm³/mol. The molecule has 186 valence electrons. The van der Waals surface area contributed by atoms with Crippen molar-refractivity contribution < 1.29 is 9.59 Å². The smallest absolute Gasteiger partial charge is 0.255 e. The average Bonchev–Trinajstić information content (AvgIpc) is 3.64. The third-order valence-corrected chi connectivity index (χ3v) is 7.17. The minimum atomic E-state index is -0.187. The third kappa shape index (κ3) is 6.39. The lowest BCUT2D eigenvalue weighted by Gasteiger charge is -2.34. The van der Waals surface area contributed by atoms with Crippen LogP contribution in [-0.4, -0.2) is 47.8 Å². The number of nitrogens with zero attached hydrogens (tertiary/aromatic N) is 2. The number of amides is 2. The average molecular weight is 483 g/mol. The lowest BCUT2D eigenvalue weighted by Crippen LogP contribution is -2.45. The van der Waals surface area contributed by atoms with E-state index < -0.39 is 0 Å². The van der Waals surface area contributed by atoms with Gasteiger partial charge in [-0.25, -0.2) is 0 Å². The Labute approximate surface area is 213 Å². The lowest BCUT2D eigenvalue weighted by molar-refractivity contribution is -0.117. The van der Waals surface area contributed by atoms with Gasteiger partial charge in [-0.15, -0.1) is 0 Å². The number of anilines is 2. The van der Waals surface area contributed by atoms with Gasteiger partial charge in [-0.2, -0.15) is 0 Å². The molecule has 2 amide bonds. The summed E-state index contributed by atoms with van der Waals surface area (Å²) in [6.07, 6.45) is 0.937. The van der Waals surface area contributed by atoms with Gasteiger partial charge in [0.05, 0.1) is 0 Å². The van der Waals surface area contributed by atoms with Crippen LogP contribution in [0, 0.1) is 11.8 Å². The number of carbonyl (C=O) groups excluding carboxylic acids is 2. The molecular formula is C30H34N4O2. The molecular weight excluding hydrogens is 448 g/mol. The summed E-state index contributed by atoms with van der Waals surface area (Å²) in [5.41, 5.74) is 4.55. The van der Waals surface area contributed by atoms with Crippen LogP contribution < -0.4 is 10.6 Å². The molecule has 6 heteroatoms. The van der Waals surface area contributed by atoms with E-state index in [4.69, 9.17) is 0 Å². The van der Waals surface area contributed by atoms with Crippen LogP contribution in [0.5, 0.6) is 0 Å². The largest absolute Gasteiger partial charge is 0.326 e. The molecule has 6 nitrogen and oxygen atoms in total. The molecule has 2 aliphatic rings. The van der Waals surface area contributed by atoms with Crippen molar-refractivity contribution in [2.45, 2.75) is 26.4 Å². The number of rotatable bonds is 8. The lowest BCUT2D eigenvalue weighted by atomic mass is 10.1. The van der Waals surface area contributed by atoms with E-state index in [1.54, 1.807) is 18.2 Å². The standard InChI is InChI=1S/C30H34N4O2/c1-22-18-28(22)30(36)32-27-9-5-8-25(19-27)29(35)31-26-12-10-24(11-13-26)21-34-16-14-33(15-17-34)20-23-6-3-2-4-7-23/h2-13,19,22,28H,14-18,20-21H2,1H3,(H,31,35)(H,32,36). The maximum atomic E-state index is 12.8. The van der Waals surface area contributed by atoms with Crippen molar-refractivity contribution in [2.75, 3.05) is 36.8 Å². The molecule has 0 bridgehead atoms. The molecule has 1 saturated heterocycles. The number of hydrogen-bond donors (Lipinski definition) is 2. The van der Waals surface area contributed by atoms with Gasteiger partial charge in [0.25, 0.3) is 5.91 Å². The van der Waals surface area contributed by atoms with Gasteiger partial charge in [-0.05, 0) is 53.8 Å². The molecule has 0 aromatic heterocycles. The quantitative estimate of drug-likeness (QED) is 0.482. The minimum Gasteiger partial charge on any atom is -0.326 e. The summed E-state index contributed by atoms with van der Waals surface area (Å²) in [7, 11) is 0. The van der Waals surface area contributed by atoms with Crippen LogP contribution in [0.25, 0.3) is 0 Å². The van der Waals surface area contributed by atoms with Crippen molar-refractivity contribution in [3.63, 3.8) is 0 Å². The third-order valence-electron chi connectivity index (χ3n) is 7.17. The van der Waals surface area contributed by atoms with Crippen LogP contribution >= 0.6 is 0 Å². The van der Waals surface area contributed by atoms with E-state index in [0.29, 0.717) is 17.2 Å². The van der Waals surface area contributed by atoms with Crippen molar-refractivity contribution >= 4 is 23.2 Å². The molecule has 3 aromatic rings. The SMILES string of the molecule is CC1CC1C(=O)Nc1cccc(C(=O)Nc2ccc(CN3CCN(Cc4ccccc4)CC3)cc2)c1. The van der Waals surface area contributed by atoms with Crippen LogP contribution in [-0.2, 0) is 17.9 Å². The first kappa shape index (κ1) is 24.2. The molecule has 1 heterocycles. The highest BCUT2D eigenvalue weighted by atomic mass is 16.2. The zero-order valence-electron chi connectivity index (χ0n) is 20.8. The van der Waals surface area contributed by atoms with Gasteiger partial charge in [-0.1, -0.05) is 55.5 Å². The Morgan fingerprint density at radius 3 is 1.97 bits per heavy atom. The molecule has 1 saturated carbocycles. The molecule has 1 aliphatic heterocycles. The monoisotopic (exact) mass is 482 g/mol. The number of hydrogen-bond acceptors (Lipinski definition) is 4. The Morgan fingerprint density at radius 1 is 0.750 bits per heavy atom. The van der Waals surface area contributed by atoms with E-state index in [9.17, 15) is 9.59 Å². The van der Waals surface area contributed by atoms with Gasteiger partial charge in [0.2, 0.25) is 5.91 Å². The van der Waals surface area contributed by atoms with Crippen molar-refractivity contribution in [3.05, 3.63) is 95.6 Å². The first-order chi connectivity index (χ1) is 17.5. The molecule has 2 N–H and O–H groups in total. The van der Waals surface area contributed by atoms with Gasteiger partial charge < -0.3 is 10.6 Å². The maximum absolute atomic E-state index is 12.8. The van der Waals surface area contributed by atoms with Crippen molar-refractivity contribution in [2.24, 2.45) is 11.8 Å². The first-order valence-electron chi connectivity index (χ1n) is 12.8. The number of nitrogens with one attached hydrogen (secondary N) is 2. The maximum Gasteiger partial charge on any atom is 0.255 e. The fourth-order valence-corrected chi connectivity index (χ4v) is 4.76. The molecule has 3 aromatic carbocycles. The van der Waals surface area contributed by atoms with Crippen molar-refractivity contribution in [1.29, 1.82) is 0 Å². The van der Waals surface area contributed by atoms with E-state index in [1.165, 1.54) is 11.1 Å². The normalized spacial score (nSPS) is 20.0. The molecule has 2 atom stereocenters. The van der Waals surface area contributed by atoms with Crippen molar-refractivity contribution in [1.82, 2.24) is 9.80 Å². The Bertz CT molecular complexity index is 1190. The Morgan fingerprint density at radius 2 is 1.36 bits per heavy atom. The highest BCUT2D eigenvalue weighted by Gasteiger charge is 2.39. The van der Waals surface area contributed by atoms with Crippen LogP contribution in [0.15, 0.2) is 78.9 Å². The van der Waals surface area contributed by atoms with E-state index in [0.717, 1.165) is 51.4 Å². The highest BCUT2D eigenvalue weighted by Crippen LogP contribution is 2.38. The van der Waals surface area contributed by atoms with Gasteiger partial charge in [-0.3, -0.25) is 19.4 Å². The van der Waals surface area contributed by atoms with Gasteiger partial charge in [0, 0.05) is 62.1 Å². The summed E-state index contributed by atoms with van der Waals surface area (Å²) in [5.74, 6) is 0.393. The minimum absolute atomic E-state index is 0.0354. The zero-order valence-corrected chi connectivity index (χ0v) is 20.8. The summed E-state index contributed by atoms with van der Waals surface area (Å²) >= 11 is 0. The second kappa shape index (κ2) is 11.1. The zero-order chi connectivity index (χ0) is 24.9. The fraction of sp³-hybridized carbons (Fsp3) is 0.333. The molecule has 36 heavy (non-hydrogen) atoms.